The van der Waals surface area contributed by atoms with Gasteiger partial charge in [0.2, 0.25) is 0 Å². The second kappa shape index (κ2) is 4.80. The van der Waals surface area contributed by atoms with E-state index in [0.717, 1.165) is 28.8 Å². The maximum Gasteiger partial charge on any atom is 0.412 e. The minimum Gasteiger partial charge on any atom is -0.444 e. The van der Waals surface area contributed by atoms with E-state index < -0.39 is 11.7 Å². The molecule has 0 aliphatic carbocycles. The van der Waals surface area contributed by atoms with Crippen molar-refractivity contribution < 1.29 is 9.53 Å². The first-order valence-electron chi connectivity index (χ1n) is 5.92. The predicted molar refractivity (Wildman–Crippen MR) is 76.2 cm³/mol. The first kappa shape index (κ1) is 13.2. The molecule has 2 N–H and O–H groups in total. The molecule has 1 aromatic carbocycles. The van der Waals surface area contributed by atoms with Crippen molar-refractivity contribution in [2.75, 3.05) is 17.2 Å². The van der Waals surface area contributed by atoms with E-state index in [1.807, 2.05) is 26.8 Å². The quantitative estimate of drug-likeness (QED) is 0.830. The van der Waals surface area contributed by atoms with Crippen LogP contribution in [0.15, 0.2) is 16.6 Å². The number of fused-ring (bicyclic) bond motifs is 1. The van der Waals surface area contributed by atoms with Crippen molar-refractivity contribution in [3.8, 4) is 0 Å². The van der Waals surface area contributed by atoms with E-state index in [1.54, 1.807) is 0 Å². The van der Waals surface area contributed by atoms with Crippen LogP contribution in [0, 0.1) is 0 Å². The van der Waals surface area contributed by atoms with E-state index in [1.165, 1.54) is 5.56 Å². The van der Waals surface area contributed by atoms with E-state index >= 15 is 0 Å². The highest BCUT2D eigenvalue weighted by molar-refractivity contribution is 9.10. The summed E-state index contributed by atoms with van der Waals surface area (Å²) in [6.07, 6.45) is 0.538. The smallest absolute Gasteiger partial charge is 0.412 e. The highest BCUT2D eigenvalue weighted by Gasteiger charge is 2.21. The van der Waals surface area contributed by atoms with Gasteiger partial charge in [-0.25, -0.2) is 4.79 Å². The van der Waals surface area contributed by atoms with Gasteiger partial charge in [-0.2, -0.15) is 0 Å². The van der Waals surface area contributed by atoms with Crippen molar-refractivity contribution in [2.24, 2.45) is 0 Å². The maximum absolute atomic E-state index is 11.8. The molecule has 1 aliphatic rings. The van der Waals surface area contributed by atoms with Gasteiger partial charge in [-0.05, 0) is 54.8 Å². The summed E-state index contributed by atoms with van der Waals surface area (Å²) in [7, 11) is 0. The number of nitrogens with one attached hydrogen (secondary N) is 2. The van der Waals surface area contributed by atoms with Crippen molar-refractivity contribution >= 4 is 33.4 Å². The Morgan fingerprint density at radius 1 is 1.44 bits per heavy atom. The van der Waals surface area contributed by atoms with Crippen LogP contribution in [-0.4, -0.2) is 18.2 Å². The van der Waals surface area contributed by atoms with Crippen molar-refractivity contribution in [1.29, 1.82) is 0 Å². The Labute approximate surface area is 115 Å². The van der Waals surface area contributed by atoms with Crippen molar-refractivity contribution in [1.82, 2.24) is 0 Å². The number of rotatable bonds is 1. The van der Waals surface area contributed by atoms with Gasteiger partial charge in [0.1, 0.15) is 5.60 Å². The first-order chi connectivity index (χ1) is 8.37. The lowest BCUT2D eigenvalue weighted by atomic mass is 10.1. The molecule has 0 radical (unpaired) electrons. The standard InChI is InChI=1S/C13H17BrN2O2/c1-13(2,3)18-12(17)16-11-9(14)5-4-8-6-7-15-10(8)11/h4-5,15H,6-7H2,1-3H3,(H,16,17). The van der Waals surface area contributed by atoms with Gasteiger partial charge in [0.25, 0.3) is 0 Å². The number of carbonyl (C=O) groups is 1. The van der Waals surface area contributed by atoms with E-state index in [-0.39, 0.29) is 0 Å². The molecule has 1 heterocycles. The average Bonchev–Trinajstić information content (AvgIpc) is 2.67. The molecule has 0 aromatic heterocycles. The zero-order valence-electron chi connectivity index (χ0n) is 10.8. The van der Waals surface area contributed by atoms with Crippen LogP contribution in [0.25, 0.3) is 0 Å². The molecule has 18 heavy (non-hydrogen) atoms. The summed E-state index contributed by atoms with van der Waals surface area (Å²) < 4.78 is 6.11. The van der Waals surface area contributed by atoms with Gasteiger partial charge in [-0.15, -0.1) is 0 Å². The fourth-order valence-corrected chi connectivity index (χ4v) is 2.31. The Bertz CT molecular complexity index is 481. The molecular formula is C13H17BrN2O2. The molecule has 98 valence electrons. The Hall–Kier alpha value is -1.23. The molecule has 0 saturated heterocycles. The Morgan fingerprint density at radius 3 is 2.83 bits per heavy atom. The van der Waals surface area contributed by atoms with E-state index in [0.29, 0.717) is 0 Å². The van der Waals surface area contributed by atoms with Gasteiger partial charge < -0.3 is 10.1 Å². The van der Waals surface area contributed by atoms with Crippen molar-refractivity contribution in [3.63, 3.8) is 0 Å². The van der Waals surface area contributed by atoms with Crippen LogP contribution in [0.3, 0.4) is 0 Å². The lowest BCUT2D eigenvalue weighted by Gasteiger charge is -2.21. The molecule has 0 atom stereocenters. The molecule has 0 unspecified atom stereocenters. The Balaban J connectivity index is 2.19. The Morgan fingerprint density at radius 2 is 2.17 bits per heavy atom. The zero-order chi connectivity index (χ0) is 13.3. The van der Waals surface area contributed by atoms with Gasteiger partial charge >= 0.3 is 6.09 Å². The summed E-state index contributed by atoms with van der Waals surface area (Å²) in [4.78, 5) is 11.8. The molecule has 5 heteroatoms. The molecule has 0 saturated carbocycles. The number of amides is 1. The third kappa shape index (κ3) is 2.96. The minimum absolute atomic E-state index is 0.440. The highest BCUT2D eigenvalue weighted by Crippen LogP contribution is 2.37. The summed E-state index contributed by atoms with van der Waals surface area (Å²) in [6, 6.07) is 4.00. The largest absolute Gasteiger partial charge is 0.444 e. The van der Waals surface area contributed by atoms with Gasteiger partial charge in [-0.3, -0.25) is 5.32 Å². The summed E-state index contributed by atoms with van der Waals surface area (Å²) in [5.41, 5.74) is 2.45. The van der Waals surface area contributed by atoms with Gasteiger partial charge in [-0.1, -0.05) is 6.07 Å². The monoisotopic (exact) mass is 312 g/mol. The molecule has 0 fully saturated rings. The molecule has 0 bridgehead atoms. The minimum atomic E-state index is -0.498. The van der Waals surface area contributed by atoms with Crippen LogP contribution in [0.4, 0.5) is 16.2 Å². The van der Waals surface area contributed by atoms with Crippen LogP contribution in [0.5, 0.6) is 0 Å². The zero-order valence-corrected chi connectivity index (χ0v) is 12.3. The molecule has 0 spiro atoms. The number of hydrogen-bond donors (Lipinski definition) is 2. The second-order valence-electron chi connectivity index (χ2n) is 5.26. The molecule has 2 rings (SSSR count). The molecule has 4 nitrogen and oxygen atoms in total. The second-order valence-corrected chi connectivity index (χ2v) is 6.11. The number of ether oxygens (including phenoxy) is 1. The molecule has 1 amide bonds. The van der Waals surface area contributed by atoms with Crippen molar-refractivity contribution in [2.45, 2.75) is 32.8 Å². The van der Waals surface area contributed by atoms with Crippen LogP contribution >= 0.6 is 15.9 Å². The highest BCUT2D eigenvalue weighted by atomic mass is 79.9. The predicted octanol–water partition coefficient (Wildman–Crippen LogP) is 3.76. The maximum atomic E-state index is 11.8. The third-order valence-electron chi connectivity index (χ3n) is 2.56. The average molecular weight is 313 g/mol. The first-order valence-corrected chi connectivity index (χ1v) is 6.71. The summed E-state index contributed by atoms with van der Waals surface area (Å²) >= 11 is 3.45. The third-order valence-corrected chi connectivity index (χ3v) is 3.22. The number of anilines is 2. The Kier molecular flexibility index (Phi) is 3.52. The van der Waals surface area contributed by atoms with E-state index in [9.17, 15) is 4.79 Å². The van der Waals surface area contributed by atoms with Gasteiger partial charge in [0, 0.05) is 11.0 Å². The molecule has 1 aromatic rings. The number of carbonyl (C=O) groups excluding carboxylic acids is 1. The van der Waals surface area contributed by atoms with E-state index in [2.05, 4.69) is 32.6 Å². The van der Waals surface area contributed by atoms with E-state index in [4.69, 9.17) is 4.74 Å². The van der Waals surface area contributed by atoms with Crippen LogP contribution in [0.1, 0.15) is 26.3 Å². The summed E-state index contributed by atoms with van der Waals surface area (Å²) in [6.45, 7) is 6.43. The summed E-state index contributed by atoms with van der Waals surface area (Å²) in [5, 5.41) is 6.07. The normalized spacial score (nSPS) is 13.8. The van der Waals surface area contributed by atoms with Crippen LogP contribution in [0.2, 0.25) is 0 Å². The lowest BCUT2D eigenvalue weighted by Crippen LogP contribution is -2.27. The van der Waals surface area contributed by atoms with Crippen LogP contribution in [-0.2, 0) is 11.2 Å². The molecular weight excluding hydrogens is 296 g/mol. The lowest BCUT2D eigenvalue weighted by molar-refractivity contribution is 0.0636. The van der Waals surface area contributed by atoms with Gasteiger partial charge in [0.15, 0.2) is 0 Å². The SMILES string of the molecule is CC(C)(C)OC(=O)Nc1c(Br)ccc2c1NCC2. The van der Waals surface area contributed by atoms with Crippen LogP contribution < -0.4 is 10.6 Å². The van der Waals surface area contributed by atoms with Crippen molar-refractivity contribution in [3.05, 3.63) is 22.2 Å². The fourth-order valence-electron chi connectivity index (χ4n) is 1.88. The number of halogens is 1. The number of hydrogen-bond acceptors (Lipinski definition) is 3. The van der Waals surface area contributed by atoms with Gasteiger partial charge in [0.05, 0.1) is 11.4 Å². The topological polar surface area (TPSA) is 50.4 Å². The molecule has 1 aliphatic heterocycles. The fraction of sp³-hybridized carbons (Fsp3) is 0.462. The number of benzene rings is 1. The summed E-state index contributed by atoms with van der Waals surface area (Å²) in [5.74, 6) is 0.